The van der Waals surface area contributed by atoms with Crippen LogP contribution in [-0.2, 0) is 4.79 Å². The molecule has 4 N–H and O–H groups in total. The van der Waals surface area contributed by atoms with E-state index < -0.39 is 24.6 Å². The summed E-state index contributed by atoms with van der Waals surface area (Å²) in [6.45, 7) is -0.407. The maximum atomic E-state index is 11.3. The van der Waals surface area contributed by atoms with Crippen LogP contribution < -0.4 is 10.6 Å². The third kappa shape index (κ3) is 4.79. The zero-order valence-corrected chi connectivity index (χ0v) is 10.5. The molecule has 0 radical (unpaired) electrons. The first-order valence-corrected chi connectivity index (χ1v) is 5.56. The second-order valence-corrected chi connectivity index (χ2v) is 4.22. The number of hydrogen-bond acceptors (Lipinski definition) is 3. The van der Waals surface area contributed by atoms with E-state index in [-0.39, 0.29) is 0 Å². The molecule has 2 amide bonds. The number of carboxylic acids is 1. The predicted molar refractivity (Wildman–Crippen MR) is 67.1 cm³/mol. The molecule has 8 heteroatoms. The van der Waals surface area contributed by atoms with E-state index in [1.165, 1.54) is 18.2 Å². The van der Waals surface area contributed by atoms with Crippen LogP contribution in [0, 0.1) is 0 Å². The minimum atomic E-state index is -1.65. The number of carboxylic acid groups (broad SMARTS) is 1. The molecule has 98 valence electrons. The fraction of sp³-hybridized carbons (Fsp3) is 0.200. The van der Waals surface area contributed by atoms with Crippen LogP contribution >= 0.6 is 23.2 Å². The molecule has 0 saturated carbocycles. The molecular weight excluding hydrogens is 283 g/mol. The Balaban J connectivity index is 2.52. The summed E-state index contributed by atoms with van der Waals surface area (Å²) in [5.74, 6) is -1.42. The number of urea groups is 1. The lowest BCUT2D eigenvalue weighted by molar-refractivity contribution is -0.146. The fourth-order valence-electron chi connectivity index (χ4n) is 1.08. The monoisotopic (exact) mass is 292 g/mol. The molecule has 0 aliphatic rings. The van der Waals surface area contributed by atoms with Crippen LogP contribution in [0.4, 0.5) is 10.5 Å². The van der Waals surface area contributed by atoms with E-state index in [0.717, 1.165) is 0 Å². The molecule has 0 heterocycles. The number of carbonyl (C=O) groups is 2. The third-order valence-corrected chi connectivity index (χ3v) is 2.30. The molecule has 0 aliphatic carbocycles. The van der Waals surface area contributed by atoms with Crippen LogP contribution in [-0.4, -0.2) is 34.9 Å². The smallest absolute Gasteiger partial charge is 0.334 e. The van der Waals surface area contributed by atoms with Gasteiger partial charge in [-0.05, 0) is 18.2 Å². The maximum Gasteiger partial charge on any atom is 0.334 e. The molecule has 0 unspecified atom stereocenters. The highest BCUT2D eigenvalue weighted by Gasteiger charge is 2.14. The SMILES string of the molecule is O=C(NC[C@H](O)C(=O)O)Nc1cc(Cl)cc(Cl)c1. The van der Waals surface area contributed by atoms with Crippen molar-refractivity contribution in [1.82, 2.24) is 5.32 Å². The maximum absolute atomic E-state index is 11.3. The number of carbonyl (C=O) groups excluding carboxylic acids is 1. The first-order chi connectivity index (χ1) is 8.38. The molecule has 0 saturated heterocycles. The van der Waals surface area contributed by atoms with E-state index in [0.29, 0.717) is 15.7 Å². The molecule has 0 aromatic heterocycles. The summed E-state index contributed by atoms with van der Waals surface area (Å²) in [7, 11) is 0. The van der Waals surface area contributed by atoms with E-state index >= 15 is 0 Å². The molecule has 18 heavy (non-hydrogen) atoms. The van der Waals surface area contributed by atoms with Crippen LogP contribution in [0.25, 0.3) is 0 Å². The number of amides is 2. The van der Waals surface area contributed by atoms with Crippen LogP contribution in [0.1, 0.15) is 0 Å². The second kappa shape index (κ2) is 6.44. The molecule has 6 nitrogen and oxygen atoms in total. The number of aliphatic carboxylic acids is 1. The first-order valence-electron chi connectivity index (χ1n) is 4.80. The topological polar surface area (TPSA) is 98.7 Å². The number of halogens is 2. The summed E-state index contributed by atoms with van der Waals surface area (Å²) >= 11 is 11.5. The second-order valence-electron chi connectivity index (χ2n) is 3.35. The van der Waals surface area contributed by atoms with Gasteiger partial charge < -0.3 is 20.8 Å². The molecule has 1 atom stereocenters. The Morgan fingerprint density at radius 3 is 2.28 bits per heavy atom. The highest BCUT2D eigenvalue weighted by Crippen LogP contribution is 2.22. The number of aliphatic hydroxyl groups is 1. The van der Waals surface area contributed by atoms with Crippen LogP contribution in [0.3, 0.4) is 0 Å². The molecule has 1 aromatic rings. The number of rotatable bonds is 4. The zero-order valence-electron chi connectivity index (χ0n) is 8.98. The normalized spacial score (nSPS) is 11.7. The number of anilines is 1. The summed E-state index contributed by atoms with van der Waals surface area (Å²) in [4.78, 5) is 21.7. The van der Waals surface area contributed by atoms with Gasteiger partial charge in [0.2, 0.25) is 0 Å². The Hall–Kier alpha value is -1.50. The molecule has 1 rings (SSSR count). The van der Waals surface area contributed by atoms with Crippen molar-refractivity contribution in [2.24, 2.45) is 0 Å². The summed E-state index contributed by atoms with van der Waals surface area (Å²) in [5.41, 5.74) is 0.356. The van der Waals surface area contributed by atoms with E-state index in [2.05, 4.69) is 10.6 Å². The van der Waals surface area contributed by atoms with Gasteiger partial charge in [-0.2, -0.15) is 0 Å². The van der Waals surface area contributed by atoms with Crippen molar-refractivity contribution in [3.8, 4) is 0 Å². The van der Waals surface area contributed by atoms with Gasteiger partial charge in [0.1, 0.15) is 0 Å². The van der Waals surface area contributed by atoms with Gasteiger partial charge in [-0.3, -0.25) is 0 Å². The molecule has 0 aliphatic heterocycles. The van der Waals surface area contributed by atoms with Crippen molar-refractivity contribution >= 4 is 40.9 Å². The van der Waals surface area contributed by atoms with Crippen molar-refractivity contribution in [1.29, 1.82) is 0 Å². The van der Waals surface area contributed by atoms with Gasteiger partial charge in [0.25, 0.3) is 0 Å². The average Bonchev–Trinajstić information content (AvgIpc) is 2.24. The Morgan fingerprint density at radius 1 is 1.22 bits per heavy atom. The lowest BCUT2D eigenvalue weighted by atomic mass is 10.3. The van der Waals surface area contributed by atoms with Crippen molar-refractivity contribution < 1.29 is 19.8 Å². The zero-order chi connectivity index (χ0) is 13.7. The summed E-state index contributed by atoms with van der Waals surface area (Å²) < 4.78 is 0. The predicted octanol–water partition coefficient (Wildman–Crippen LogP) is 1.56. The van der Waals surface area contributed by atoms with Gasteiger partial charge in [0.15, 0.2) is 6.10 Å². The van der Waals surface area contributed by atoms with Gasteiger partial charge in [-0.25, -0.2) is 9.59 Å². The molecule has 0 bridgehead atoms. The summed E-state index contributed by atoms with van der Waals surface area (Å²) in [5, 5.41) is 22.6. The van der Waals surface area contributed by atoms with Crippen molar-refractivity contribution in [2.75, 3.05) is 11.9 Å². The van der Waals surface area contributed by atoms with Gasteiger partial charge in [-0.15, -0.1) is 0 Å². The Bertz CT molecular complexity index is 447. The minimum Gasteiger partial charge on any atom is -0.479 e. The van der Waals surface area contributed by atoms with Crippen molar-refractivity contribution in [3.05, 3.63) is 28.2 Å². The Morgan fingerprint density at radius 2 is 1.78 bits per heavy atom. The van der Waals surface area contributed by atoms with Crippen LogP contribution in [0.15, 0.2) is 18.2 Å². The lowest BCUT2D eigenvalue weighted by Crippen LogP contribution is -2.38. The third-order valence-electron chi connectivity index (χ3n) is 1.86. The molecule has 1 aromatic carbocycles. The summed E-state index contributed by atoms with van der Waals surface area (Å²) in [6.07, 6.45) is -1.65. The Kier molecular flexibility index (Phi) is 5.21. The number of aliphatic hydroxyl groups excluding tert-OH is 1. The highest BCUT2D eigenvalue weighted by molar-refractivity contribution is 6.35. The van der Waals surface area contributed by atoms with Gasteiger partial charge in [-0.1, -0.05) is 23.2 Å². The number of hydrogen-bond donors (Lipinski definition) is 4. The molecule has 0 spiro atoms. The van der Waals surface area contributed by atoms with E-state index in [1.54, 1.807) is 0 Å². The van der Waals surface area contributed by atoms with Crippen molar-refractivity contribution in [3.63, 3.8) is 0 Å². The van der Waals surface area contributed by atoms with Gasteiger partial charge >= 0.3 is 12.0 Å². The van der Waals surface area contributed by atoms with Gasteiger partial charge in [0, 0.05) is 15.7 Å². The molecule has 0 fully saturated rings. The van der Waals surface area contributed by atoms with Crippen LogP contribution in [0.2, 0.25) is 10.0 Å². The van der Waals surface area contributed by atoms with E-state index in [4.69, 9.17) is 33.4 Å². The summed E-state index contributed by atoms with van der Waals surface area (Å²) in [6, 6.07) is 3.77. The average molecular weight is 293 g/mol. The van der Waals surface area contributed by atoms with Crippen LogP contribution in [0.5, 0.6) is 0 Å². The highest BCUT2D eigenvalue weighted by atomic mass is 35.5. The standard InChI is InChI=1S/C10H10Cl2N2O4/c11-5-1-6(12)3-7(2-5)14-10(18)13-4-8(15)9(16)17/h1-3,8,15H,4H2,(H,16,17)(H2,13,14,18)/t8-/m0/s1. The van der Waals surface area contributed by atoms with E-state index in [9.17, 15) is 9.59 Å². The fourth-order valence-corrected chi connectivity index (χ4v) is 1.60. The molecular formula is C10H10Cl2N2O4. The first kappa shape index (κ1) is 14.6. The number of benzene rings is 1. The lowest BCUT2D eigenvalue weighted by Gasteiger charge is -2.09. The quantitative estimate of drug-likeness (QED) is 0.677. The van der Waals surface area contributed by atoms with Crippen molar-refractivity contribution in [2.45, 2.75) is 6.10 Å². The minimum absolute atomic E-state index is 0.350. The largest absolute Gasteiger partial charge is 0.479 e. The van der Waals surface area contributed by atoms with E-state index in [1.807, 2.05) is 0 Å². The van der Waals surface area contributed by atoms with Gasteiger partial charge in [0.05, 0.1) is 6.54 Å². The number of nitrogens with one attached hydrogen (secondary N) is 2. The Labute approximate surface area is 113 Å².